The smallest absolute Gasteiger partial charge is 0.492 e. The molecular formula is C13H9BClF4O-. The maximum atomic E-state index is 13.6. The van der Waals surface area contributed by atoms with Crippen LogP contribution in [0.5, 0.6) is 5.75 Å². The third kappa shape index (κ3) is 3.25. The highest BCUT2D eigenvalue weighted by Crippen LogP contribution is 2.21. The molecule has 2 aromatic carbocycles. The summed E-state index contributed by atoms with van der Waals surface area (Å²) in [6.45, 7) is -5.51. The molecule has 0 amide bonds. The average molecular weight is 303 g/mol. The quantitative estimate of drug-likeness (QED) is 0.610. The molecule has 0 aliphatic carbocycles. The normalized spacial score (nSPS) is 11.4. The molecule has 0 unspecified atom stereocenters. The number of para-hydroxylation sites is 1. The first-order valence-corrected chi connectivity index (χ1v) is 6.12. The minimum absolute atomic E-state index is 0.0978. The number of halogens is 5. The highest BCUT2D eigenvalue weighted by atomic mass is 35.5. The van der Waals surface area contributed by atoms with Crippen LogP contribution in [0, 0.1) is 5.82 Å². The van der Waals surface area contributed by atoms with Gasteiger partial charge >= 0.3 is 6.98 Å². The van der Waals surface area contributed by atoms with Crippen LogP contribution in [0.4, 0.5) is 17.3 Å². The maximum absolute atomic E-state index is 13.6. The van der Waals surface area contributed by atoms with E-state index in [1.54, 1.807) is 0 Å². The van der Waals surface area contributed by atoms with Crippen molar-refractivity contribution in [1.29, 1.82) is 0 Å². The Bertz CT molecular complexity index is 616. The van der Waals surface area contributed by atoms with Crippen molar-refractivity contribution in [2.24, 2.45) is 0 Å². The summed E-state index contributed by atoms with van der Waals surface area (Å²) in [5.41, 5.74) is -0.739. The second kappa shape index (κ2) is 5.75. The second-order valence-corrected chi connectivity index (χ2v) is 4.52. The van der Waals surface area contributed by atoms with E-state index in [-0.39, 0.29) is 22.9 Å². The van der Waals surface area contributed by atoms with Gasteiger partial charge in [0.2, 0.25) is 0 Å². The summed E-state index contributed by atoms with van der Waals surface area (Å²) >= 11 is 5.59. The maximum Gasteiger partial charge on any atom is 0.513 e. The molecule has 0 saturated carbocycles. The summed E-state index contributed by atoms with van der Waals surface area (Å²) in [6, 6.07) is 9.10. The number of ether oxygens (including phenoxy) is 1. The van der Waals surface area contributed by atoms with E-state index >= 15 is 0 Å². The lowest BCUT2D eigenvalue weighted by atomic mass is 9.79. The molecule has 0 aliphatic rings. The van der Waals surface area contributed by atoms with Crippen molar-refractivity contribution in [3.63, 3.8) is 0 Å². The molecule has 0 aromatic heterocycles. The van der Waals surface area contributed by atoms with E-state index < -0.39 is 18.3 Å². The first-order valence-electron chi connectivity index (χ1n) is 5.74. The topological polar surface area (TPSA) is 9.23 Å². The van der Waals surface area contributed by atoms with E-state index in [4.69, 9.17) is 16.3 Å². The standard InChI is InChI=1S/C13H9BClF4O/c15-11-6-3-4-9(13(11)16)8-20-12-7-2-1-5-10(12)14(17,18)19/h1-7H,8H2/q-1. The van der Waals surface area contributed by atoms with Gasteiger partial charge in [-0.25, -0.2) is 4.39 Å². The molecule has 0 spiro atoms. The van der Waals surface area contributed by atoms with E-state index in [0.717, 1.165) is 6.07 Å². The van der Waals surface area contributed by atoms with Crippen LogP contribution in [0.3, 0.4) is 0 Å². The van der Waals surface area contributed by atoms with E-state index in [9.17, 15) is 17.3 Å². The van der Waals surface area contributed by atoms with Crippen molar-refractivity contribution in [1.82, 2.24) is 0 Å². The third-order valence-corrected chi connectivity index (χ3v) is 2.98. The lowest BCUT2D eigenvalue weighted by Gasteiger charge is -2.19. The van der Waals surface area contributed by atoms with E-state index in [2.05, 4.69) is 0 Å². The zero-order chi connectivity index (χ0) is 14.8. The summed E-state index contributed by atoms with van der Waals surface area (Å²) in [7, 11) is 0. The van der Waals surface area contributed by atoms with Crippen LogP contribution in [-0.4, -0.2) is 6.98 Å². The first-order chi connectivity index (χ1) is 9.39. The third-order valence-electron chi connectivity index (χ3n) is 2.69. The molecule has 20 heavy (non-hydrogen) atoms. The Hall–Kier alpha value is -1.69. The number of hydrogen-bond acceptors (Lipinski definition) is 1. The molecule has 7 heteroatoms. The van der Waals surface area contributed by atoms with Gasteiger partial charge in [-0.2, -0.15) is 0 Å². The molecule has 2 rings (SSSR count). The number of rotatable bonds is 4. The number of hydrogen-bond donors (Lipinski definition) is 0. The molecule has 1 nitrogen and oxygen atoms in total. The van der Waals surface area contributed by atoms with Gasteiger partial charge in [0.05, 0.1) is 10.8 Å². The molecule has 0 fully saturated rings. The summed E-state index contributed by atoms with van der Waals surface area (Å²) in [6.07, 6.45) is 0. The highest BCUT2D eigenvalue weighted by molar-refractivity contribution is 6.74. The van der Waals surface area contributed by atoms with Crippen LogP contribution >= 0.6 is 11.6 Å². The summed E-state index contributed by atoms with van der Waals surface area (Å²) in [5.74, 6) is -1.01. The highest BCUT2D eigenvalue weighted by Gasteiger charge is 2.28. The summed E-state index contributed by atoms with van der Waals surface area (Å²) < 4.78 is 57.1. The fourth-order valence-electron chi connectivity index (χ4n) is 1.70. The minimum Gasteiger partial charge on any atom is -0.492 e. The molecule has 0 N–H and O–H groups in total. The molecule has 0 heterocycles. The Kier molecular flexibility index (Phi) is 4.23. The van der Waals surface area contributed by atoms with Gasteiger partial charge in [-0.1, -0.05) is 47.4 Å². The molecule has 0 atom stereocenters. The fourth-order valence-corrected chi connectivity index (χ4v) is 1.89. The average Bonchev–Trinajstić information content (AvgIpc) is 2.40. The van der Waals surface area contributed by atoms with Crippen molar-refractivity contribution in [2.45, 2.75) is 6.61 Å². The van der Waals surface area contributed by atoms with Crippen LogP contribution < -0.4 is 10.2 Å². The van der Waals surface area contributed by atoms with Gasteiger partial charge in [0.15, 0.2) is 0 Å². The van der Waals surface area contributed by atoms with Crippen molar-refractivity contribution in [3.8, 4) is 5.75 Å². The van der Waals surface area contributed by atoms with Crippen LogP contribution in [0.2, 0.25) is 5.02 Å². The zero-order valence-corrected chi connectivity index (χ0v) is 10.9. The largest absolute Gasteiger partial charge is 0.513 e. The van der Waals surface area contributed by atoms with E-state index in [1.165, 1.54) is 36.4 Å². The summed E-state index contributed by atoms with van der Waals surface area (Å²) in [5, 5.41) is -0.0978. The molecule has 2 aromatic rings. The van der Waals surface area contributed by atoms with Gasteiger partial charge in [-0.05, 0) is 12.1 Å². The SMILES string of the molecule is Fc1c(Cl)cccc1COc1ccccc1[B-](F)(F)F. The Morgan fingerprint density at radius 2 is 1.70 bits per heavy atom. The predicted molar refractivity (Wildman–Crippen MR) is 70.9 cm³/mol. The van der Waals surface area contributed by atoms with Crippen LogP contribution in [-0.2, 0) is 6.61 Å². The minimum atomic E-state index is -5.18. The van der Waals surface area contributed by atoms with Crippen LogP contribution in [0.1, 0.15) is 5.56 Å². The van der Waals surface area contributed by atoms with Crippen molar-refractivity contribution in [3.05, 3.63) is 58.9 Å². The monoisotopic (exact) mass is 303 g/mol. The molecular weight excluding hydrogens is 294 g/mol. The molecule has 0 aliphatic heterocycles. The molecule has 0 radical (unpaired) electrons. The van der Waals surface area contributed by atoms with Crippen LogP contribution in [0.25, 0.3) is 0 Å². The molecule has 106 valence electrons. The Morgan fingerprint density at radius 1 is 1.00 bits per heavy atom. The van der Waals surface area contributed by atoms with Crippen LogP contribution in [0.15, 0.2) is 42.5 Å². The first kappa shape index (κ1) is 14.7. The number of benzene rings is 2. The van der Waals surface area contributed by atoms with Gasteiger partial charge in [0.25, 0.3) is 0 Å². The Labute approximate surface area is 118 Å². The van der Waals surface area contributed by atoms with Crippen molar-refractivity contribution >= 4 is 24.0 Å². The summed E-state index contributed by atoms with van der Waals surface area (Å²) in [4.78, 5) is 0. The van der Waals surface area contributed by atoms with Crippen molar-refractivity contribution in [2.75, 3.05) is 0 Å². The molecule has 0 saturated heterocycles. The van der Waals surface area contributed by atoms with E-state index in [1.807, 2.05) is 0 Å². The Balaban J connectivity index is 2.22. The van der Waals surface area contributed by atoms with Gasteiger partial charge in [-0.15, -0.1) is 0 Å². The Morgan fingerprint density at radius 3 is 2.40 bits per heavy atom. The predicted octanol–water partition coefficient (Wildman–Crippen LogP) is 4.11. The van der Waals surface area contributed by atoms with Gasteiger partial charge in [0.1, 0.15) is 12.4 Å². The lowest BCUT2D eigenvalue weighted by Crippen LogP contribution is -2.35. The zero-order valence-electron chi connectivity index (χ0n) is 10.1. The fraction of sp³-hybridized carbons (Fsp3) is 0.0769. The lowest BCUT2D eigenvalue weighted by molar-refractivity contribution is 0.300. The van der Waals surface area contributed by atoms with Crippen molar-refractivity contribution < 1.29 is 22.1 Å². The van der Waals surface area contributed by atoms with Gasteiger partial charge < -0.3 is 17.7 Å². The van der Waals surface area contributed by atoms with Gasteiger partial charge in [-0.3, -0.25) is 0 Å². The molecule has 0 bridgehead atoms. The second-order valence-electron chi connectivity index (χ2n) is 4.11. The van der Waals surface area contributed by atoms with E-state index in [0.29, 0.717) is 0 Å². The van der Waals surface area contributed by atoms with Gasteiger partial charge in [0, 0.05) is 5.56 Å².